The Morgan fingerprint density at radius 3 is 2.24 bits per heavy atom. The number of hydrogen-bond acceptors (Lipinski definition) is 5. The van der Waals surface area contributed by atoms with Gasteiger partial charge in [-0.1, -0.05) is 19.1 Å². The normalized spacial score (nSPS) is 11.4. The van der Waals surface area contributed by atoms with Gasteiger partial charge >= 0.3 is 5.97 Å². The monoisotopic (exact) mass is 342 g/mol. The molecule has 1 atom stereocenters. The third-order valence-corrected chi connectivity index (χ3v) is 3.60. The first-order chi connectivity index (χ1) is 11.9. The minimum Gasteiger partial charge on any atom is -0.449 e. The molecular weight excluding hydrogens is 324 g/mol. The molecule has 0 aliphatic carbocycles. The predicted octanol–water partition coefficient (Wildman–Crippen LogP) is 3.34. The number of rotatable bonds is 6. The van der Waals surface area contributed by atoms with E-state index in [1.54, 1.807) is 12.1 Å². The predicted molar refractivity (Wildman–Crippen MR) is 92.4 cm³/mol. The summed E-state index contributed by atoms with van der Waals surface area (Å²) < 4.78 is 5.09. The molecule has 0 aliphatic heterocycles. The van der Waals surface area contributed by atoms with Crippen LogP contribution in [0.2, 0.25) is 0 Å². The molecule has 1 amide bonds. The van der Waals surface area contributed by atoms with Crippen LogP contribution in [-0.4, -0.2) is 22.9 Å². The molecule has 0 bridgehead atoms. The van der Waals surface area contributed by atoms with Crippen LogP contribution >= 0.6 is 0 Å². The van der Waals surface area contributed by atoms with Crippen molar-refractivity contribution in [3.63, 3.8) is 0 Å². The van der Waals surface area contributed by atoms with E-state index >= 15 is 0 Å². The first kappa shape index (κ1) is 18.1. The molecule has 0 saturated heterocycles. The van der Waals surface area contributed by atoms with Gasteiger partial charge in [-0.15, -0.1) is 0 Å². The van der Waals surface area contributed by atoms with E-state index in [-0.39, 0.29) is 11.3 Å². The minimum absolute atomic E-state index is 0.127. The number of esters is 1. The van der Waals surface area contributed by atoms with Gasteiger partial charge in [0.25, 0.3) is 11.6 Å². The number of carbonyl (C=O) groups is 2. The quantitative estimate of drug-likeness (QED) is 0.493. The second-order valence-electron chi connectivity index (χ2n) is 5.39. The number of anilines is 1. The Hall–Kier alpha value is -3.22. The maximum Gasteiger partial charge on any atom is 0.338 e. The number of carbonyl (C=O) groups excluding carboxylic acids is 2. The van der Waals surface area contributed by atoms with E-state index in [2.05, 4.69) is 5.32 Å². The zero-order valence-electron chi connectivity index (χ0n) is 13.9. The summed E-state index contributed by atoms with van der Waals surface area (Å²) >= 11 is 0. The molecular formula is C18H18N2O5. The number of aryl methyl sites for hydroxylation is 1. The van der Waals surface area contributed by atoms with Crippen molar-refractivity contribution in [2.24, 2.45) is 0 Å². The number of nitrogens with zero attached hydrogens (tertiary/aromatic N) is 1. The Balaban J connectivity index is 1.95. The standard InChI is InChI=1S/C18H18N2O5/c1-3-13-4-8-15(9-5-13)19-17(21)12(2)25-18(22)14-6-10-16(11-7-14)20(23)24/h4-12H,3H2,1-2H3,(H,19,21)/t12-/m1/s1. The maximum absolute atomic E-state index is 12.1. The van der Waals surface area contributed by atoms with Crippen LogP contribution in [0.5, 0.6) is 0 Å². The van der Waals surface area contributed by atoms with Crippen molar-refractivity contribution in [2.45, 2.75) is 26.4 Å². The van der Waals surface area contributed by atoms with Crippen molar-refractivity contribution in [3.8, 4) is 0 Å². The molecule has 25 heavy (non-hydrogen) atoms. The van der Waals surface area contributed by atoms with E-state index in [0.29, 0.717) is 5.69 Å². The van der Waals surface area contributed by atoms with Gasteiger partial charge in [0.1, 0.15) is 0 Å². The highest BCUT2D eigenvalue weighted by Crippen LogP contribution is 2.14. The first-order valence-corrected chi connectivity index (χ1v) is 7.76. The van der Waals surface area contributed by atoms with Crippen molar-refractivity contribution >= 4 is 23.3 Å². The molecule has 0 saturated carbocycles. The Labute approximate surface area is 144 Å². The Kier molecular flexibility index (Phi) is 5.84. The molecule has 0 aromatic heterocycles. The average Bonchev–Trinajstić information content (AvgIpc) is 2.62. The van der Waals surface area contributed by atoms with E-state index in [4.69, 9.17) is 4.74 Å². The molecule has 0 fully saturated rings. The van der Waals surface area contributed by atoms with Gasteiger partial charge in [-0.25, -0.2) is 4.79 Å². The molecule has 7 heteroatoms. The molecule has 130 valence electrons. The number of nitrogens with one attached hydrogen (secondary N) is 1. The number of non-ortho nitro benzene ring substituents is 1. The summed E-state index contributed by atoms with van der Waals surface area (Å²) in [7, 11) is 0. The van der Waals surface area contributed by atoms with Crippen LogP contribution in [0.3, 0.4) is 0 Å². The maximum atomic E-state index is 12.1. The van der Waals surface area contributed by atoms with Crippen LogP contribution < -0.4 is 5.32 Å². The van der Waals surface area contributed by atoms with Gasteiger partial charge in [-0.3, -0.25) is 14.9 Å². The largest absolute Gasteiger partial charge is 0.449 e. The molecule has 2 rings (SSSR count). The second-order valence-corrected chi connectivity index (χ2v) is 5.39. The number of hydrogen-bond donors (Lipinski definition) is 1. The van der Waals surface area contributed by atoms with Gasteiger partial charge in [-0.2, -0.15) is 0 Å². The number of ether oxygens (including phenoxy) is 1. The van der Waals surface area contributed by atoms with Gasteiger partial charge in [-0.05, 0) is 43.2 Å². The molecule has 2 aromatic rings. The summed E-state index contributed by atoms with van der Waals surface area (Å²) in [5, 5.41) is 13.3. The summed E-state index contributed by atoms with van der Waals surface area (Å²) in [6, 6.07) is 12.4. The number of benzene rings is 2. The lowest BCUT2D eigenvalue weighted by molar-refractivity contribution is -0.384. The lowest BCUT2D eigenvalue weighted by Gasteiger charge is -2.13. The van der Waals surface area contributed by atoms with Crippen LogP contribution in [0.15, 0.2) is 48.5 Å². The fourth-order valence-electron chi connectivity index (χ4n) is 2.07. The fraction of sp³-hybridized carbons (Fsp3) is 0.222. The molecule has 2 aromatic carbocycles. The Bertz CT molecular complexity index is 769. The van der Waals surface area contributed by atoms with E-state index in [1.165, 1.54) is 31.2 Å². The fourth-order valence-corrected chi connectivity index (χ4v) is 2.07. The summed E-state index contributed by atoms with van der Waals surface area (Å²) in [5.74, 6) is -1.18. The van der Waals surface area contributed by atoms with Crippen LogP contribution in [0.25, 0.3) is 0 Å². The molecule has 0 radical (unpaired) electrons. The van der Waals surface area contributed by atoms with Gasteiger partial charge in [0.15, 0.2) is 6.10 Å². The third kappa shape index (κ3) is 4.87. The molecule has 1 N–H and O–H groups in total. The highest BCUT2D eigenvalue weighted by molar-refractivity contribution is 5.97. The molecule has 0 unspecified atom stereocenters. The zero-order valence-corrected chi connectivity index (χ0v) is 13.9. The SMILES string of the molecule is CCc1ccc(NC(=O)[C@@H](C)OC(=O)c2ccc([N+](=O)[O-])cc2)cc1. The topological polar surface area (TPSA) is 98.5 Å². The second kappa shape index (κ2) is 8.05. The van der Waals surface area contributed by atoms with Crippen LogP contribution in [-0.2, 0) is 16.0 Å². The van der Waals surface area contributed by atoms with Crippen LogP contribution in [0, 0.1) is 10.1 Å². The average molecular weight is 342 g/mol. The first-order valence-electron chi connectivity index (χ1n) is 7.76. The van der Waals surface area contributed by atoms with Crippen LogP contribution in [0.4, 0.5) is 11.4 Å². The van der Waals surface area contributed by atoms with Gasteiger partial charge in [0.05, 0.1) is 10.5 Å². The highest BCUT2D eigenvalue weighted by atomic mass is 16.6. The van der Waals surface area contributed by atoms with Crippen LogP contribution in [0.1, 0.15) is 29.8 Å². The van der Waals surface area contributed by atoms with E-state index in [0.717, 1.165) is 12.0 Å². The van der Waals surface area contributed by atoms with Crippen molar-refractivity contribution in [3.05, 3.63) is 69.8 Å². The molecule has 0 heterocycles. The van der Waals surface area contributed by atoms with E-state index in [1.807, 2.05) is 19.1 Å². The lowest BCUT2D eigenvalue weighted by Crippen LogP contribution is -2.30. The molecule has 0 spiro atoms. The lowest BCUT2D eigenvalue weighted by atomic mass is 10.1. The van der Waals surface area contributed by atoms with Gasteiger partial charge < -0.3 is 10.1 Å². The summed E-state index contributed by atoms with van der Waals surface area (Å²) in [6.45, 7) is 3.49. The van der Waals surface area contributed by atoms with Gasteiger partial charge in [0.2, 0.25) is 0 Å². The zero-order chi connectivity index (χ0) is 18.4. The summed E-state index contributed by atoms with van der Waals surface area (Å²) in [4.78, 5) is 34.1. The summed E-state index contributed by atoms with van der Waals surface area (Å²) in [6.07, 6.45) is -0.106. The van der Waals surface area contributed by atoms with Crippen molar-refractivity contribution in [1.29, 1.82) is 0 Å². The minimum atomic E-state index is -1.01. The number of nitro benzene ring substituents is 1. The van der Waals surface area contributed by atoms with Crippen molar-refractivity contribution < 1.29 is 19.2 Å². The van der Waals surface area contributed by atoms with E-state index in [9.17, 15) is 19.7 Å². The third-order valence-electron chi connectivity index (χ3n) is 3.60. The number of amides is 1. The Morgan fingerprint density at radius 2 is 1.72 bits per heavy atom. The molecule has 7 nitrogen and oxygen atoms in total. The smallest absolute Gasteiger partial charge is 0.338 e. The number of nitro groups is 1. The van der Waals surface area contributed by atoms with E-state index < -0.39 is 22.9 Å². The van der Waals surface area contributed by atoms with Crippen molar-refractivity contribution in [1.82, 2.24) is 0 Å². The van der Waals surface area contributed by atoms with Gasteiger partial charge in [0, 0.05) is 17.8 Å². The summed E-state index contributed by atoms with van der Waals surface area (Å²) in [5.41, 5.74) is 1.77. The molecule has 0 aliphatic rings. The Morgan fingerprint density at radius 1 is 1.12 bits per heavy atom. The van der Waals surface area contributed by atoms with Crippen molar-refractivity contribution in [2.75, 3.05) is 5.32 Å². The highest BCUT2D eigenvalue weighted by Gasteiger charge is 2.19.